The van der Waals surface area contributed by atoms with Crippen molar-refractivity contribution in [3.05, 3.63) is 11.9 Å². The summed E-state index contributed by atoms with van der Waals surface area (Å²) in [4.78, 5) is 15.1. The number of hydrogen-bond acceptors (Lipinski definition) is 3. The molecule has 1 fully saturated rings. The summed E-state index contributed by atoms with van der Waals surface area (Å²) in [5.74, 6) is -0.716. The first-order valence-corrected chi connectivity index (χ1v) is 7.35. The fraction of sp³-hybridized carbons (Fsp3) is 0.692. The summed E-state index contributed by atoms with van der Waals surface area (Å²) in [6, 6.07) is 0. The second-order valence-corrected chi connectivity index (χ2v) is 6.44. The van der Waals surface area contributed by atoms with Crippen molar-refractivity contribution in [1.82, 2.24) is 9.55 Å². The zero-order chi connectivity index (χ0) is 13.2. The first kappa shape index (κ1) is 13.5. The summed E-state index contributed by atoms with van der Waals surface area (Å²) >= 11 is 1.31. The fourth-order valence-electron chi connectivity index (χ4n) is 2.68. The number of hydrogen-bond donors (Lipinski definition) is 1. The molecule has 1 aliphatic carbocycles. The zero-order valence-electron chi connectivity index (χ0n) is 11.0. The van der Waals surface area contributed by atoms with E-state index in [0.29, 0.717) is 5.41 Å². The topological polar surface area (TPSA) is 55.1 Å². The summed E-state index contributed by atoms with van der Waals surface area (Å²) in [6.45, 7) is 5.23. The largest absolute Gasteiger partial charge is 0.481 e. The Balaban J connectivity index is 2.09. The van der Waals surface area contributed by atoms with E-state index in [9.17, 15) is 4.79 Å². The highest BCUT2D eigenvalue weighted by molar-refractivity contribution is 7.99. The molecule has 1 saturated carbocycles. The van der Waals surface area contributed by atoms with E-state index < -0.39 is 5.97 Å². The number of carboxylic acid groups (broad SMARTS) is 1. The number of imidazole rings is 1. The van der Waals surface area contributed by atoms with Crippen LogP contribution in [0.1, 0.15) is 38.3 Å². The van der Waals surface area contributed by atoms with Gasteiger partial charge in [0.25, 0.3) is 0 Å². The van der Waals surface area contributed by atoms with Gasteiger partial charge in [0.15, 0.2) is 5.16 Å². The van der Waals surface area contributed by atoms with Crippen LogP contribution in [0.4, 0.5) is 0 Å². The molecular formula is C13H20N2O2S. The average molecular weight is 268 g/mol. The fourth-order valence-corrected chi connectivity index (χ4v) is 3.42. The lowest BCUT2D eigenvalue weighted by Crippen LogP contribution is -2.19. The van der Waals surface area contributed by atoms with Gasteiger partial charge in [-0.1, -0.05) is 31.5 Å². The lowest BCUT2D eigenvalue weighted by atomic mass is 9.89. The van der Waals surface area contributed by atoms with Gasteiger partial charge >= 0.3 is 5.97 Å². The zero-order valence-corrected chi connectivity index (χ0v) is 11.8. The first-order valence-electron chi connectivity index (χ1n) is 6.37. The van der Waals surface area contributed by atoms with Gasteiger partial charge in [-0.25, -0.2) is 4.98 Å². The van der Waals surface area contributed by atoms with Crippen LogP contribution in [0.25, 0.3) is 0 Å². The molecule has 1 aliphatic rings. The maximum atomic E-state index is 10.6. The van der Waals surface area contributed by atoms with Crippen LogP contribution in [0.15, 0.2) is 11.4 Å². The number of aryl methyl sites for hydroxylation is 1. The molecule has 0 unspecified atom stereocenters. The number of nitrogens with zero attached hydrogens (tertiary/aromatic N) is 2. The number of aliphatic carboxylic acids is 1. The van der Waals surface area contributed by atoms with Gasteiger partial charge in [-0.05, 0) is 25.2 Å². The number of aromatic nitrogens is 2. The van der Waals surface area contributed by atoms with E-state index >= 15 is 0 Å². The highest BCUT2D eigenvalue weighted by Crippen LogP contribution is 2.39. The molecule has 1 aromatic rings. The molecule has 0 radical (unpaired) electrons. The normalized spacial score (nSPS) is 18.1. The van der Waals surface area contributed by atoms with Crippen LogP contribution >= 0.6 is 11.8 Å². The Bertz CT molecular complexity index is 436. The van der Waals surface area contributed by atoms with Gasteiger partial charge in [0.1, 0.15) is 0 Å². The van der Waals surface area contributed by atoms with E-state index in [1.807, 2.05) is 13.1 Å². The van der Waals surface area contributed by atoms with Crippen molar-refractivity contribution >= 4 is 17.7 Å². The average Bonchev–Trinajstić information content (AvgIpc) is 2.83. The van der Waals surface area contributed by atoms with Gasteiger partial charge < -0.3 is 9.67 Å². The maximum absolute atomic E-state index is 10.6. The summed E-state index contributed by atoms with van der Waals surface area (Å²) in [6.07, 6.45) is 7.16. The minimum atomic E-state index is -0.792. The second-order valence-electron chi connectivity index (χ2n) is 5.49. The highest BCUT2D eigenvalue weighted by atomic mass is 32.2. The van der Waals surface area contributed by atoms with E-state index in [0.717, 1.165) is 17.4 Å². The highest BCUT2D eigenvalue weighted by Gasteiger charge is 2.29. The SMILES string of the molecule is Cc1cn(CC2(C)CCCC2)c(SCC(=O)O)n1. The number of carboxylic acids is 1. The van der Waals surface area contributed by atoms with Crippen LogP contribution in [0.5, 0.6) is 0 Å². The monoisotopic (exact) mass is 268 g/mol. The van der Waals surface area contributed by atoms with Gasteiger partial charge in [0.05, 0.1) is 11.4 Å². The Morgan fingerprint density at radius 2 is 2.22 bits per heavy atom. The van der Waals surface area contributed by atoms with Gasteiger partial charge in [-0.2, -0.15) is 0 Å². The van der Waals surface area contributed by atoms with Crippen molar-refractivity contribution in [2.45, 2.75) is 51.2 Å². The molecule has 0 aromatic carbocycles. The van der Waals surface area contributed by atoms with Gasteiger partial charge in [0, 0.05) is 12.7 Å². The van der Waals surface area contributed by atoms with Crippen molar-refractivity contribution in [2.24, 2.45) is 5.41 Å². The van der Waals surface area contributed by atoms with E-state index in [-0.39, 0.29) is 5.75 Å². The lowest BCUT2D eigenvalue weighted by molar-refractivity contribution is -0.133. The first-order chi connectivity index (χ1) is 8.48. The molecule has 0 bridgehead atoms. The Morgan fingerprint density at radius 3 is 2.83 bits per heavy atom. The summed E-state index contributed by atoms with van der Waals surface area (Å²) < 4.78 is 2.13. The van der Waals surface area contributed by atoms with Crippen LogP contribution in [-0.4, -0.2) is 26.4 Å². The number of carbonyl (C=O) groups is 1. The summed E-state index contributed by atoms with van der Waals surface area (Å²) in [5.41, 5.74) is 1.32. The standard InChI is InChI=1S/C13H20N2O2S/c1-10-7-15(9-13(2)5-3-4-6-13)12(14-10)18-8-11(16)17/h7H,3-6,8-9H2,1-2H3,(H,16,17). The molecule has 0 spiro atoms. The predicted octanol–water partition coefficient (Wildman–Crippen LogP) is 2.95. The molecular weight excluding hydrogens is 248 g/mol. The van der Waals surface area contributed by atoms with Crippen molar-refractivity contribution in [3.63, 3.8) is 0 Å². The molecule has 0 atom stereocenters. The molecule has 0 aliphatic heterocycles. The minimum Gasteiger partial charge on any atom is -0.481 e. The molecule has 1 aromatic heterocycles. The van der Waals surface area contributed by atoms with Gasteiger partial charge in [0.2, 0.25) is 0 Å². The second kappa shape index (κ2) is 5.34. The molecule has 100 valence electrons. The molecule has 18 heavy (non-hydrogen) atoms. The van der Waals surface area contributed by atoms with Crippen molar-refractivity contribution < 1.29 is 9.90 Å². The van der Waals surface area contributed by atoms with Crippen LogP contribution in [-0.2, 0) is 11.3 Å². The van der Waals surface area contributed by atoms with Crippen LogP contribution < -0.4 is 0 Å². The Hall–Kier alpha value is -0.970. The molecule has 4 nitrogen and oxygen atoms in total. The Kier molecular flexibility index (Phi) is 4.00. The third-order valence-corrected chi connectivity index (χ3v) is 4.52. The van der Waals surface area contributed by atoms with Crippen LogP contribution in [0, 0.1) is 12.3 Å². The maximum Gasteiger partial charge on any atom is 0.313 e. The van der Waals surface area contributed by atoms with Gasteiger partial charge in [-0.3, -0.25) is 4.79 Å². The lowest BCUT2D eigenvalue weighted by Gasteiger charge is -2.24. The molecule has 5 heteroatoms. The van der Waals surface area contributed by atoms with Crippen molar-refractivity contribution in [1.29, 1.82) is 0 Å². The minimum absolute atomic E-state index is 0.0766. The van der Waals surface area contributed by atoms with E-state index in [1.54, 1.807) is 0 Å². The molecule has 0 amide bonds. The van der Waals surface area contributed by atoms with Crippen LogP contribution in [0.3, 0.4) is 0 Å². The smallest absolute Gasteiger partial charge is 0.313 e. The third-order valence-electron chi connectivity index (χ3n) is 3.55. The number of thioether (sulfide) groups is 1. The predicted molar refractivity (Wildman–Crippen MR) is 71.9 cm³/mol. The molecule has 2 rings (SSSR count). The van der Waals surface area contributed by atoms with E-state index in [2.05, 4.69) is 16.5 Å². The Morgan fingerprint density at radius 1 is 1.56 bits per heavy atom. The Labute approximate surface area is 112 Å². The molecule has 1 N–H and O–H groups in total. The third kappa shape index (κ3) is 3.28. The molecule has 1 heterocycles. The summed E-state index contributed by atoms with van der Waals surface area (Å²) in [7, 11) is 0. The number of rotatable bonds is 5. The molecule has 0 saturated heterocycles. The van der Waals surface area contributed by atoms with Gasteiger partial charge in [-0.15, -0.1) is 0 Å². The van der Waals surface area contributed by atoms with Crippen LogP contribution in [0.2, 0.25) is 0 Å². The van der Waals surface area contributed by atoms with E-state index in [4.69, 9.17) is 5.11 Å². The van der Waals surface area contributed by atoms with Crippen molar-refractivity contribution in [2.75, 3.05) is 5.75 Å². The quantitative estimate of drug-likeness (QED) is 0.834. The van der Waals surface area contributed by atoms with E-state index in [1.165, 1.54) is 37.4 Å². The van der Waals surface area contributed by atoms with Crippen molar-refractivity contribution in [3.8, 4) is 0 Å². The summed E-state index contributed by atoms with van der Waals surface area (Å²) in [5, 5.41) is 9.59.